The van der Waals surface area contributed by atoms with Gasteiger partial charge in [0.05, 0.1) is 16.3 Å². The normalized spacial score (nSPS) is 12.8. The van der Waals surface area contributed by atoms with Crippen LogP contribution in [-0.2, 0) is 6.54 Å². The first kappa shape index (κ1) is 14.1. The molecule has 19 heavy (non-hydrogen) atoms. The van der Waals surface area contributed by atoms with Gasteiger partial charge in [-0.3, -0.25) is 9.36 Å². The van der Waals surface area contributed by atoms with Crippen LogP contribution in [-0.4, -0.2) is 9.55 Å². The Kier molecular flexibility index (Phi) is 4.59. The molecule has 0 bridgehead atoms. The highest BCUT2D eigenvalue weighted by atomic mass is 35.5. The van der Waals surface area contributed by atoms with Crippen LogP contribution in [0.1, 0.15) is 44.3 Å². The van der Waals surface area contributed by atoms with Crippen LogP contribution in [0.25, 0.3) is 10.9 Å². The highest BCUT2D eigenvalue weighted by Crippen LogP contribution is 2.23. The largest absolute Gasteiger partial charge is 0.295 e. The van der Waals surface area contributed by atoms with Gasteiger partial charge < -0.3 is 0 Å². The van der Waals surface area contributed by atoms with Crippen LogP contribution in [0.2, 0.25) is 0 Å². The van der Waals surface area contributed by atoms with E-state index >= 15 is 0 Å². The van der Waals surface area contributed by atoms with Crippen molar-refractivity contribution in [2.45, 2.75) is 45.0 Å². The molecule has 1 heterocycles. The minimum atomic E-state index is -0.214. The number of hydrogen-bond acceptors (Lipinski definition) is 2. The van der Waals surface area contributed by atoms with E-state index in [-0.39, 0.29) is 10.9 Å². The van der Waals surface area contributed by atoms with Crippen molar-refractivity contribution in [1.82, 2.24) is 9.55 Å². The lowest BCUT2D eigenvalue weighted by molar-refractivity contribution is 0.567. The molecule has 4 heteroatoms. The third-order valence-electron chi connectivity index (χ3n) is 3.27. The SMILES string of the molecule is CCCCn1c(C(Cl)CC)nc2ccccc2c1=O. The quantitative estimate of drug-likeness (QED) is 0.778. The van der Waals surface area contributed by atoms with Gasteiger partial charge in [0.25, 0.3) is 5.56 Å². The molecule has 1 atom stereocenters. The molecule has 0 aliphatic rings. The third-order valence-corrected chi connectivity index (χ3v) is 3.77. The minimum Gasteiger partial charge on any atom is -0.295 e. The fourth-order valence-corrected chi connectivity index (χ4v) is 2.31. The topological polar surface area (TPSA) is 34.9 Å². The molecule has 0 aliphatic heterocycles. The molecule has 0 saturated heterocycles. The number of nitrogens with zero attached hydrogens (tertiary/aromatic N) is 2. The molecule has 0 spiro atoms. The Labute approximate surface area is 118 Å². The van der Waals surface area contributed by atoms with Gasteiger partial charge in [-0.2, -0.15) is 0 Å². The second-order valence-corrected chi connectivity index (χ2v) is 5.20. The maximum absolute atomic E-state index is 12.5. The van der Waals surface area contributed by atoms with Crippen LogP contribution in [0.5, 0.6) is 0 Å². The zero-order chi connectivity index (χ0) is 13.8. The fourth-order valence-electron chi connectivity index (χ4n) is 2.14. The average molecular weight is 279 g/mol. The first-order valence-corrected chi connectivity index (χ1v) is 7.26. The summed E-state index contributed by atoms with van der Waals surface area (Å²) in [5.74, 6) is 0.696. The van der Waals surface area contributed by atoms with Crippen LogP contribution >= 0.6 is 11.6 Å². The summed E-state index contributed by atoms with van der Waals surface area (Å²) in [4.78, 5) is 17.1. The van der Waals surface area contributed by atoms with Crippen LogP contribution in [0.15, 0.2) is 29.1 Å². The molecule has 0 fully saturated rings. The number of rotatable bonds is 5. The van der Waals surface area contributed by atoms with Gasteiger partial charge in [-0.15, -0.1) is 11.6 Å². The van der Waals surface area contributed by atoms with Crippen molar-refractivity contribution in [3.63, 3.8) is 0 Å². The molecule has 0 saturated carbocycles. The van der Waals surface area contributed by atoms with Crippen molar-refractivity contribution in [3.8, 4) is 0 Å². The van der Waals surface area contributed by atoms with E-state index in [0.29, 0.717) is 17.8 Å². The molecule has 2 aromatic rings. The summed E-state index contributed by atoms with van der Waals surface area (Å²) in [7, 11) is 0. The van der Waals surface area contributed by atoms with Crippen molar-refractivity contribution in [1.29, 1.82) is 0 Å². The highest BCUT2D eigenvalue weighted by Gasteiger charge is 2.16. The maximum Gasteiger partial charge on any atom is 0.261 e. The van der Waals surface area contributed by atoms with E-state index in [9.17, 15) is 4.79 Å². The standard InChI is InChI=1S/C15H19ClN2O/c1-3-5-10-18-14(12(16)4-2)17-13-9-7-6-8-11(13)15(18)19/h6-9,12H,3-5,10H2,1-2H3. The number of unbranched alkanes of at least 4 members (excludes halogenated alkanes) is 1. The van der Waals surface area contributed by atoms with E-state index in [1.807, 2.05) is 31.2 Å². The van der Waals surface area contributed by atoms with Crippen LogP contribution < -0.4 is 5.56 Å². The number of para-hydroxylation sites is 1. The molecule has 0 aliphatic carbocycles. The summed E-state index contributed by atoms with van der Waals surface area (Å²) in [6, 6.07) is 7.45. The molecule has 0 radical (unpaired) electrons. The molecule has 2 rings (SSSR count). The van der Waals surface area contributed by atoms with Gasteiger partial charge in [-0.25, -0.2) is 4.98 Å². The Balaban J connectivity index is 2.65. The Hall–Kier alpha value is -1.35. The number of aromatic nitrogens is 2. The molecule has 1 unspecified atom stereocenters. The molecule has 0 N–H and O–H groups in total. The van der Waals surface area contributed by atoms with E-state index in [4.69, 9.17) is 11.6 Å². The lowest BCUT2D eigenvalue weighted by atomic mass is 10.2. The van der Waals surface area contributed by atoms with E-state index in [1.165, 1.54) is 0 Å². The zero-order valence-electron chi connectivity index (χ0n) is 11.4. The van der Waals surface area contributed by atoms with Crippen LogP contribution in [0, 0.1) is 0 Å². The Morgan fingerprint density at radius 3 is 2.74 bits per heavy atom. The van der Waals surface area contributed by atoms with Crippen molar-refractivity contribution in [2.75, 3.05) is 0 Å². The van der Waals surface area contributed by atoms with Gasteiger partial charge in [0.15, 0.2) is 0 Å². The summed E-state index contributed by atoms with van der Waals surface area (Å²) in [6.07, 6.45) is 2.76. The lowest BCUT2D eigenvalue weighted by Gasteiger charge is -2.15. The molecule has 1 aromatic heterocycles. The van der Waals surface area contributed by atoms with E-state index < -0.39 is 0 Å². The minimum absolute atomic E-state index is 0.0214. The summed E-state index contributed by atoms with van der Waals surface area (Å²) in [6.45, 7) is 4.80. The molecule has 0 amide bonds. The lowest BCUT2D eigenvalue weighted by Crippen LogP contribution is -2.26. The summed E-state index contributed by atoms with van der Waals surface area (Å²) < 4.78 is 1.74. The van der Waals surface area contributed by atoms with Crippen molar-refractivity contribution >= 4 is 22.5 Å². The molecular weight excluding hydrogens is 260 g/mol. The highest BCUT2D eigenvalue weighted by molar-refractivity contribution is 6.20. The van der Waals surface area contributed by atoms with Crippen molar-refractivity contribution in [2.24, 2.45) is 0 Å². The summed E-state index contributed by atoms with van der Waals surface area (Å²) in [5.41, 5.74) is 0.752. The second-order valence-electron chi connectivity index (χ2n) is 4.67. The Morgan fingerprint density at radius 1 is 1.32 bits per heavy atom. The number of hydrogen-bond donors (Lipinski definition) is 0. The van der Waals surface area contributed by atoms with Crippen molar-refractivity contribution < 1.29 is 0 Å². The molecule has 3 nitrogen and oxygen atoms in total. The summed E-state index contributed by atoms with van der Waals surface area (Å²) >= 11 is 6.32. The predicted molar refractivity (Wildman–Crippen MR) is 79.8 cm³/mol. The monoisotopic (exact) mass is 278 g/mol. The predicted octanol–water partition coefficient (Wildman–Crippen LogP) is 3.89. The maximum atomic E-state index is 12.5. The second kappa shape index (κ2) is 6.20. The van der Waals surface area contributed by atoms with Gasteiger partial charge >= 0.3 is 0 Å². The molecular formula is C15H19ClN2O. The Morgan fingerprint density at radius 2 is 2.05 bits per heavy atom. The van der Waals surface area contributed by atoms with E-state index in [2.05, 4.69) is 11.9 Å². The average Bonchev–Trinajstić information content (AvgIpc) is 2.45. The first-order chi connectivity index (χ1) is 9.19. The Bertz CT molecular complexity index is 621. The number of alkyl halides is 1. The zero-order valence-corrected chi connectivity index (χ0v) is 12.2. The number of fused-ring (bicyclic) bond motifs is 1. The van der Waals surface area contributed by atoms with Gasteiger partial charge in [0, 0.05) is 6.54 Å². The third kappa shape index (κ3) is 2.81. The molecule has 102 valence electrons. The van der Waals surface area contributed by atoms with Gasteiger partial charge in [0.2, 0.25) is 0 Å². The van der Waals surface area contributed by atoms with Crippen molar-refractivity contribution in [3.05, 3.63) is 40.4 Å². The van der Waals surface area contributed by atoms with Crippen LogP contribution in [0.3, 0.4) is 0 Å². The van der Waals surface area contributed by atoms with E-state index in [0.717, 1.165) is 24.8 Å². The van der Waals surface area contributed by atoms with Gasteiger partial charge in [0.1, 0.15) is 5.82 Å². The summed E-state index contributed by atoms with van der Waals surface area (Å²) in [5, 5.41) is 0.455. The first-order valence-electron chi connectivity index (χ1n) is 6.82. The number of halogens is 1. The fraction of sp³-hybridized carbons (Fsp3) is 0.467. The number of benzene rings is 1. The van der Waals surface area contributed by atoms with Crippen LogP contribution in [0.4, 0.5) is 0 Å². The molecule has 1 aromatic carbocycles. The van der Waals surface area contributed by atoms with Gasteiger partial charge in [-0.1, -0.05) is 32.4 Å². The van der Waals surface area contributed by atoms with Gasteiger partial charge in [-0.05, 0) is 25.0 Å². The smallest absolute Gasteiger partial charge is 0.261 e. The van der Waals surface area contributed by atoms with E-state index in [1.54, 1.807) is 4.57 Å².